The van der Waals surface area contributed by atoms with Crippen LogP contribution in [-0.2, 0) is 9.47 Å². The van der Waals surface area contributed by atoms with Crippen molar-refractivity contribution in [2.75, 3.05) is 13.2 Å². The van der Waals surface area contributed by atoms with E-state index in [1.54, 1.807) is 0 Å². The van der Waals surface area contributed by atoms with Gasteiger partial charge in [0, 0.05) is 19.4 Å². The van der Waals surface area contributed by atoms with E-state index in [-0.39, 0.29) is 11.9 Å². The van der Waals surface area contributed by atoms with Crippen LogP contribution in [0.25, 0.3) is 0 Å². The minimum atomic E-state index is -0.234. The molecule has 1 spiro atoms. The summed E-state index contributed by atoms with van der Waals surface area (Å²) in [5, 5.41) is 0. The molecule has 2 fully saturated rings. The molecule has 3 nitrogen and oxygen atoms in total. The summed E-state index contributed by atoms with van der Waals surface area (Å²) in [6.45, 7) is 1.28. The molecule has 2 rings (SSSR count). The second-order valence-corrected chi connectivity index (χ2v) is 3.76. The molecule has 1 unspecified atom stereocenters. The van der Waals surface area contributed by atoms with Gasteiger partial charge in [-0.2, -0.15) is 0 Å². The first-order valence-corrected chi connectivity index (χ1v) is 4.86. The van der Waals surface area contributed by atoms with Crippen LogP contribution in [0.1, 0.15) is 32.1 Å². The highest BCUT2D eigenvalue weighted by Crippen LogP contribution is 2.37. The second-order valence-electron chi connectivity index (χ2n) is 3.76. The fourth-order valence-electron chi connectivity index (χ4n) is 2.09. The van der Waals surface area contributed by atoms with Crippen LogP contribution in [0, 0.1) is 0 Å². The average molecular weight is 171 g/mol. The Morgan fingerprint density at radius 1 is 1.25 bits per heavy atom. The van der Waals surface area contributed by atoms with Crippen molar-refractivity contribution in [1.29, 1.82) is 0 Å². The van der Waals surface area contributed by atoms with Crippen molar-refractivity contribution in [2.24, 2.45) is 5.73 Å². The largest absolute Gasteiger partial charge is 0.347 e. The molecule has 2 N–H and O–H groups in total. The highest BCUT2D eigenvalue weighted by molar-refractivity contribution is 4.82. The van der Waals surface area contributed by atoms with Gasteiger partial charge in [-0.3, -0.25) is 0 Å². The summed E-state index contributed by atoms with van der Waals surface area (Å²) in [5.41, 5.74) is 5.52. The first-order chi connectivity index (χ1) is 5.85. The lowest BCUT2D eigenvalue weighted by Gasteiger charge is -2.31. The maximum atomic E-state index is 5.79. The maximum Gasteiger partial charge on any atom is 0.168 e. The molecule has 1 aliphatic carbocycles. The molecule has 0 aromatic rings. The zero-order valence-electron chi connectivity index (χ0n) is 7.42. The van der Waals surface area contributed by atoms with Gasteiger partial charge in [-0.1, -0.05) is 6.42 Å². The summed E-state index contributed by atoms with van der Waals surface area (Å²) in [6, 6.07) is 0. The molecule has 1 atom stereocenters. The van der Waals surface area contributed by atoms with E-state index in [0.717, 1.165) is 12.8 Å². The van der Waals surface area contributed by atoms with Gasteiger partial charge in [-0.05, 0) is 12.8 Å². The Balaban J connectivity index is 1.94. The first kappa shape index (κ1) is 8.48. The highest BCUT2D eigenvalue weighted by Gasteiger charge is 2.41. The maximum absolute atomic E-state index is 5.79. The molecule has 1 heterocycles. The zero-order valence-corrected chi connectivity index (χ0v) is 7.42. The smallest absolute Gasteiger partial charge is 0.168 e. The van der Waals surface area contributed by atoms with E-state index in [4.69, 9.17) is 15.2 Å². The molecule has 1 saturated carbocycles. The van der Waals surface area contributed by atoms with Gasteiger partial charge in [0.2, 0.25) is 0 Å². The Bertz CT molecular complexity index is 155. The Kier molecular flexibility index (Phi) is 2.35. The lowest BCUT2D eigenvalue weighted by molar-refractivity contribution is -0.186. The lowest BCUT2D eigenvalue weighted by Crippen LogP contribution is -2.34. The Morgan fingerprint density at radius 2 is 2.00 bits per heavy atom. The third kappa shape index (κ3) is 1.49. The number of nitrogens with two attached hydrogens (primary N) is 1. The van der Waals surface area contributed by atoms with Crippen LogP contribution in [0.3, 0.4) is 0 Å². The molecule has 12 heavy (non-hydrogen) atoms. The minimum Gasteiger partial charge on any atom is -0.347 e. The van der Waals surface area contributed by atoms with Crippen molar-refractivity contribution >= 4 is 0 Å². The third-order valence-electron chi connectivity index (χ3n) is 2.79. The van der Waals surface area contributed by atoms with Crippen molar-refractivity contribution in [3.63, 3.8) is 0 Å². The summed E-state index contributed by atoms with van der Waals surface area (Å²) in [6.07, 6.45) is 6.05. The van der Waals surface area contributed by atoms with E-state index >= 15 is 0 Å². The molecule has 0 aromatic carbocycles. The molecular weight excluding hydrogens is 154 g/mol. The summed E-state index contributed by atoms with van der Waals surface area (Å²) in [7, 11) is 0. The molecule has 3 heteroatoms. The minimum absolute atomic E-state index is 0.142. The quantitative estimate of drug-likeness (QED) is 0.640. The van der Waals surface area contributed by atoms with Gasteiger partial charge in [-0.15, -0.1) is 0 Å². The number of hydrogen-bond donors (Lipinski definition) is 1. The van der Waals surface area contributed by atoms with Crippen molar-refractivity contribution in [3.8, 4) is 0 Å². The van der Waals surface area contributed by atoms with Crippen LogP contribution >= 0.6 is 0 Å². The molecule has 0 radical (unpaired) electrons. The standard InChI is InChI=1S/C9H17NO2/c10-6-8-7-11-9(12-8)4-2-1-3-5-9/h8H,1-7,10H2. The van der Waals surface area contributed by atoms with E-state index in [1.165, 1.54) is 19.3 Å². The number of rotatable bonds is 1. The normalized spacial score (nSPS) is 34.2. The van der Waals surface area contributed by atoms with E-state index < -0.39 is 0 Å². The van der Waals surface area contributed by atoms with E-state index in [9.17, 15) is 0 Å². The van der Waals surface area contributed by atoms with E-state index in [0.29, 0.717) is 13.2 Å². The SMILES string of the molecule is NCC1COC2(CCCCC2)O1. The Hall–Kier alpha value is -0.120. The average Bonchev–Trinajstić information content (AvgIpc) is 2.50. The summed E-state index contributed by atoms with van der Waals surface area (Å²) in [4.78, 5) is 0. The monoisotopic (exact) mass is 171 g/mol. The lowest BCUT2D eigenvalue weighted by atomic mass is 9.94. The van der Waals surface area contributed by atoms with Crippen LogP contribution in [0.4, 0.5) is 0 Å². The molecular formula is C9H17NO2. The number of ether oxygens (including phenoxy) is 2. The van der Waals surface area contributed by atoms with Crippen molar-refractivity contribution in [1.82, 2.24) is 0 Å². The molecule has 70 valence electrons. The zero-order chi connectivity index (χ0) is 8.44. The Morgan fingerprint density at radius 3 is 2.58 bits per heavy atom. The van der Waals surface area contributed by atoms with E-state index in [1.807, 2.05) is 0 Å². The second kappa shape index (κ2) is 3.32. The molecule has 0 aromatic heterocycles. The van der Waals surface area contributed by atoms with Gasteiger partial charge in [-0.25, -0.2) is 0 Å². The molecule has 1 saturated heterocycles. The van der Waals surface area contributed by atoms with Crippen LogP contribution in [0.2, 0.25) is 0 Å². The third-order valence-corrected chi connectivity index (χ3v) is 2.79. The van der Waals surface area contributed by atoms with Gasteiger partial charge in [0.1, 0.15) is 0 Å². The predicted molar refractivity (Wildman–Crippen MR) is 45.7 cm³/mol. The molecule has 1 aliphatic heterocycles. The first-order valence-electron chi connectivity index (χ1n) is 4.86. The van der Waals surface area contributed by atoms with Crippen molar-refractivity contribution in [3.05, 3.63) is 0 Å². The van der Waals surface area contributed by atoms with Gasteiger partial charge < -0.3 is 15.2 Å². The van der Waals surface area contributed by atoms with Crippen LogP contribution in [-0.4, -0.2) is 25.0 Å². The topological polar surface area (TPSA) is 44.5 Å². The summed E-state index contributed by atoms with van der Waals surface area (Å²) >= 11 is 0. The summed E-state index contributed by atoms with van der Waals surface area (Å²) < 4.78 is 11.5. The molecule has 0 bridgehead atoms. The van der Waals surface area contributed by atoms with Gasteiger partial charge in [0.25, 0.3) is 0 Å². The van der Waals surface area contributed by atoms with Crippen molar-refractivity contribution in [2.45, 2.75) is 44.0 Å². The fraction of sp³-hybridized carbons (Fsp3) is 1.00. The van der Waals surface area contributed by atoms with Crippen molar-refractivity contribution < 1.29 is 9.47 Å². The molecule has 0 amide bonds. The van der Waals surface area contributed by atoms with E-state index in [2.05, 4.69) is 0 Å². The van der Waals surface area contributed by atoms with Crippen LogP contribution in [0.5, 0.6) is 0 Å². The highest BCUT2D eigenvalue weighted by atomic mass is 16.7. The fourth-order valence-corrected chi connectivity index (χ4v) is 2.09. The predicted octanol–water partition coefficient (Wildman–Crippen LogP) is 1.02. The van der Waals surface area contributed by atoms with Gasteiger partial charge >= 0.3 is 0 Å². The van der Waals surface area contributed by atoms with Gasteiger partial charge in [0.15, 0.2) is 5.79 Å². The van der Waals surface area contributed by atoms with Crippen LogP contribution < -0.4 is 5.73 Å². The van der Waals surface area contributed by atoms with Crippen LogP contribution in [0.15, 0.2) is 0 Å². The van der Waals surface area contributed by atoms with Gasteiger partial charge in [0.05, 0.1) is 12.7 Å². The Labute approximate surface area is 73.2 Å². The molecule has 2 aliphatic rings. The number of hydrogen-bond acceptors (Lipinski definition) is 3. The summed E-state index contributed by atoms with van der Waals surface area (Å²) in [5.74, 6) is -0.234.